The van der Waals surface area contributed by atoms with Crippen LogP contribution in [0.3, 0.4) is 0 Å². The summed E-state index contributed by atoms with van der Waals surface area (Å²) >= 11 is 0. The molecule has 0 spiro atoms. The predicted molar refractivity (Wildman–Crippen MR) is 42.5 cm³/mol. The zero-order valence-corrected chi connectivity index (χ0v) is 8.95. The molecule has 4 heteroatoms. The molecule has 1 rings (SSSR count). The van der Waals surface area contributed by atoms with Gasteiger partial charge in [-0.05, 0) is 5.56 Å². The van der Waals surface area contributed by atoms with Gasteiger partial charge in [-0.1, -0.05) is 30.3 Å². The van der Waals surface area contributed by atoms with Crippen molar-refractivity contribution >= 4 is 5.97 Å². The summed E-state index contributed by atoms with van der Waals surface area (Å²) in [6.07, 6.45) is 0.112. The molecule has 1 aromatic rings. The van der Waals surface area contributed by atoms with Gasteiger partial charge in [-0.2, -0.15) is 0 Å². The van der Waals surface area contributed by atoms with Crippen molar-refractivity contribution in [2.24, 2.45) is 0 Å². The topological polar surface area (TPSA) is 68.8 Å². The van der Waals surface area contributed by atoms with E-state index in [-0.39, 0.29) is 42.9 Å². The van der Waals surface area contributed by atoms with Gasteiger partial charge in [0.1, 0.15) is 0 Å². The molecule has 12 heavy (non-hydrogen) atoms. The molecule has 0 atom stereocenters. The van der Waals surface area contributed by atoms with Crippen molar-refractivity contribution in [3.05, 3.63) is 35.9 Å². The molecule has 0 radical (unpaired) electrons. The summed E-state index contributed by atoms with van der Waals surface area (Å²) in [6.45, 7) is 0. The van der Waals surface area contributed by atoms with Crippen LogP contribution in [0, 0.1) is 0 Å². The first-order valence-electron chi connectivity index (χ1n) is 3.05. The Morgan fingerprint density at radius 2 is 1.83 bits per heavy atom. The van der Waals surface area contributed by atoms with Crippen LogP contribution in [0.5, 0.6) is 0 Å². The van der Waals surface area contributed by atoms with Crippen molar-refractivity contribution in [2.45, 2.75) is 6.42 Å². The van der Waals surface area contributed by atoms with E-state index >= 15 is 0 Å². The van der Waals surface area contributed by atoms with Crippen LogP contribution >= 0.6 is 0 Å². The predicted octanol–water partition coefficient (Wildman–Crippen LogP) is -2.39. The minimum atomic E-state index is -0.786. The average Bonchev–Trinajstić information content (AvgIpc) is 1.88. The van der Waals surface area contributed by atoms with E-state index in [0.29, 0.717) is 0 Å². The fourth-order valence-electron chi connectivity index (χ4n) is 0.770. The van der Waals surface area contributed by atoms with Crippen LogP contribution in [0.15, 0.2) is 30.3 Å². The number of rotatable bonds is 2. The third kappa shape index (κ3) is 5.32. The Bertz CT molecular complexity index is 228. The Morgan fingerprint density at radius 1 is 1.33 bits per heavy atom. The summed E-state index contributed by atoms with van der Waals surface area (Å²) in [6, 6.07) is 9.13. The summed E-state index contributed by atoms with van der Waals surface area (Å²) in [5.74, 6) is -0.786. The van der Waals surface area contributed by atoms with E-state index in [0.717, 1.165) is 5.56 Å². The van der Waals surface area contributed by atoms with Crippen molar-refractivity contribution in [3.63, 3.8) is 0 Å². The molecule has 0 aromatic heterocycles. The number of carboxylic acid groups (broad SMARTS) is 1. The maximum Gasteiger partial charge on any atom is 1.00 e. The smallest absolute Gasteiger partial charge is 1.00 e. The zero-order chi connectivity index (χ0) is 7.40. The minimum Gasteiger partial charge on any atom is -1.00 e. The molecule has 0 fully saturated rings. The molecule has 0 aliphatic rings. The largest absolute Gasteiger partial charge is 1.00 e. The van der Waals surface area contributed by atoms with Gasteiger partial charge in [0, 0.05) is 0 Å². The van der Waals surface area contributed by atoms with Crippen molar-refractivity contribution < 1.29 is 46.4 Å². The molecule has 0 aliphatic carbocycles. The Hall–Kier alpha value is -0.350. The van der Waals surface area contributed by atoms with Crippen molar-refractivity contribution in [1.82, 2.24) is 0 Å². The fourth-order valence-corrected chi connectivity index (χ4v) is 0.770. The number of aliphatic carboxylic acids is 1. The van der Waals surface area contributed by atoms with Gasteiger partial charge in [0.2, 0.25) is 0 Å². The Balaban J connectivity index is -0.000000333. The van der Waals surface area contributed by atoms with E-state index in [4.69, 9.17) is 5.11 Å². The van der Waals surface area contributed by atoms with Crippen LogP contribution in [0.1, 0.15) is 6.99 Å². The second kappa shape index (κ2) is 7.31. The SMILES string of the molecule is O.O=C(O)Cc1ccccc1.[H-].[Na+]. The maximum absolute atomic E-state index is 10.2. The van der Waals surface area contributed by atoms with Gasteiger partial charge >= 0.3 is 35.5 Å². The van der Waals surface area contributed by atoms with Gasteiger partial charge in [-0.25, -0.2) is 0 Å². The molecule has 1 aromatic carbocycles. The van der Waals surface area contributed by atoms with E-state index < -0.39 is 5.97 Å². The van der Waals surface area contributed by atoms with Crippen LogP contribution in [0.25, 0.3) is 0 Å². The molecule has 62 valence electrons. The van der Waals surface area contributed by atoms with Crippen molar-refractivity contribution in [3.8, 4) is 0 Å². The Kier molecular flexibility index (Phi) is 8.64. The molecule has 0 aliphatic heterocycles. The third-order valence-electron chi connectivity index (χ3n) is 1.20. The molecule has 0 unspecified atom stereocenters. The zero-order valence-electron chi connectivity index (χ0n) is 7.95. The van der Waals surface area contributed by atoms with Gasteiger partial charge in [0.05, 0.1) is 6.42 Å². The van der Waals surface area contributed by atoms with Crippen LogP contribution in [0.4, 0.5) is 0 Å². The molecule has 0 heterocycles. The van der Waals surface area contributed by atoms with Crippen molar-refractivity contribution in [1.29, 1.82) is 0 Å². The maximum atomic E-state index is 10.2. The van der Waals surface area contributed by atoms with Gasteiger partial charge in [0.15, 0.2) is 0 Å². The first kappa shape index (κ1) is 14.2. The van der Waals surface area contributed by atoms with E-state index in [2.05, 4.69) is 0 Å². The van der Waals surface area contributed by atoms with E-state index in [1.54, 1.807) is 12.1 Å². The van der Waals surface area contributed by atoms with E-state index in [9.17, 15) is 4.79 Å². The molecule has 0 amide bonds. The number of hydrogen-bond acceptors (Lipinski definition) is 1. The molecule has 3 N–H and O–H groups in total. The number of hydrogen-bond donors (Lipinski definition) is 1. The Labute approximate surface area is 94.5 Å². The van der Waals surface area contributed by atoms with Crippen LogP contribution in [-0.4, -0.2) is 16.6 Å². The average molecular weight is 178 g/mol. The normalized spacial score (nSPS) is 7.67. The van der Waals surface area contributed by atoms with Crippen molar-refractivity contribution in [2.75, 3.05) is 0 Å². The van der Waals surface area contributed by atoms with Gasteiger partial charge in [0.25, 0.3) is 0 Å². The molecule has 0 saturated heterocycles. The first-order valence-corrected chi connectivity index (χ1v) is 3.05. The number of carboxylic acids is 1. The van der Waals surface area contributed by atoms with E-state index in [1.165, 1.54) is 0 Å². The van der Waals surface area contributed by atoms with Crippen LogP contribution < -0.4 is 29.6 Å². The van der Waals surface area contributed by atoms with Gasteiger partial charge in [-0.15, -0.1) is 0 Å². The van der Waals surface area contributed by atoms with Crippen LogP contribution in [0.2, 0.25) is 0 Å². The fraction of sp³-hybridized carbons (Fsp3) is 0.125. The minimum absolute atomic E-state index is 0. The summed E-state index contributed by atoms with van der Waals surface area (Å²) in [5, 5.41) is 8.37. The van der Waals surface area contributed by atoms with Gasteiger partial charge in [-0.3, -0.25) is 4.79 Å². The van der Waals surface area contributed by atoms with Crippen LogP contribution in [-0.2, 0) is 11.2 Å². The van der Waals surface area contributed by atoms with Gasteiger partial charge < -0.3 is 12.0 Å². The summed E-state index contributed by atoms with van der Waals surface area (Å²) in [5.41, 5.74) is 0.843. The molecular formula is C8H11NaO3. The molecule has 0 bridgehead atoms. The number of benzene rings is 1. The quantitative estimate of drug-likeness (QED) is 0.513. The molecule has 3 nitrogen and oxygen atoms in total. The summed E-state index contributed by atoms with van der Waals surface area (Å²) < 4.78 is 0. The summed E-state index contributed by atoms with van der Waals surface area (Å²) in [4.78, 5) is 10.2. The molecular weight excluding hydrogens is 167 g/mol. The third-order valence-corrected chi connectivity index (χ3v) is 1.20. The standard InChI is InChI=1S/C8H8O2.Na.H2O.H/c9-8(10)6-7-4-2-1-3-5-7;;;/h1-5H,6H2,(H,9,10);;1H2;/q;+1;;-1. The first-order chi connectivity index (χ1) is 4.79. The van der Waals surface area contributed by atoms with E-state index in [1.807, 2.05) is 18.2 Å². The summed E-state index contributed by atoms with van der Waals surface area (Å²) in [7, 11) is 0. The second-order valence-electron chi connectivity index (χ2n) is 2.06. The second-order valence-corrected chi connectivity index (χ2v) is 2.06. The molecule has 0 saturated carbocycles. The number of carbonyl (C=O) groups is 1. The monoisotopic (exact) mass is 178 g/mol. The Morgan fingerprint density at radius 3 is 2.25 bits per heavy atom.